The van der Waals surface area contributed by atoms with E-state index in [0.717, 1.165) is 28.1 Å². The average Bonchev–Trinajstić information content (AvgIpc) is 2.61. The van der Waals surface area contributed by atoms with Crippen LogP contribution in [0.15, 0.2) is 36.4 Å². The lowest BCUT2D eigenvalue weighted by Gasteiger charge is -2.28. The number of nitrogens with zero attached hydrogens (tertiary/aromatic N) is 1. The van der Waals surface area contributed by atoms with Gasteiger partial charge in [-0.15, -0.1) is 0 Å². The Balaban J connectivity index is 1.93. The molecular weight excluding hydrogens is 350 g/mol. The molecule has 5 heteroatoms. The van der Waals surface area contributed by atoms with Gasteiger partial charge in [0.15, 0.2) is 0 Å². The number of benzene rings is 2. The van der Waals surface area contributed by atoms with Crippen LogP contribution in [0.5, 0.6) is 0 Å². The number of hydrogen-bond acceptors (Lipinski definition) is 3. The number of carbonyl (C=O) groups is 2. The van der Waals surface area contributed by atoms with E-state index in [2.05, 4.69) is 10.6 Å². The molecule has 0 aliphatic heterocycles. The predicted octanol–water partition coefficient (Wildman–Crippen LogP) is 3.89. The summed E-state index contributed by atoms with van der Waals surface area (Å²) >= 11 is 0. The first-order valence-corrected chi connectivity index (χ1v) is 9.65. The predicted molar refractivity (Wildman–Crippen MR) is 116 cm³/mol. The lowest BCUT2D eigenvalue weighted by atomic mass is 10.1. The van der Waals surface area contributed by atoms with Gasteiger partial charge in [0.1, 0.15) is 0 Å². The Labute approximate surface area is 168 Å². The third kappa shape index (κ3) is 5.84. The van der Waals surface area contributed by atoms with Crippen LogP contribution in [-0.2, 0) is 9.59 Å². The molecule has 2 aromatic carbocycles. The normalized spacial score (nSPS) is 10.7. The molecule has 0 heterocycles. The van der Waals surface area contributed by atoms with Crippen molar-refractivity contribution < 1.29 is 9.59 Å². The summed E-state index contributed by atoms with van der Waals surface area (Å²) in [6.45, 7) is 12.2. The number of nitrogens with one attached hydrogen (secondary N) is 2. The SMILES string of the molecule is Cc1ccc(N(CC(=O)NCC(=O)Nc2c(C)cc(C)cc2C)C(C)C)cc1. The van der Waals surface area contributed by atoms with E-state index in [4.69, 9.17) is 0 Å². The van der Waals surface area contributed by atoms with Gasteiger partial charge in [-0.25, -0.2) is 0 Å². The molecule has 150 valence electrons. The minimum atomic E-state index is -0.227. The quantitative estimate of drug-likeness (QED) is 0.765. The molecule has 2 N–H and O–H groups in total. The topological polar surface area (TPSA) is 61.4 Å². The first kappa shape index (κ1) is 21.5. The fourth-order valence-corrected chi connectivity index (χ4v) is 3.26. The van der Waals surface area contributed by atoms with Crippen molar-refractivity contribution in [2.75, 3.05) is 23.3 Å². The Morgan fingerprint density at radius 1 is 0.893 bits per heavy atom. The highest BCUT2D eigenvalue weighted by molar-refractivity contribution is 5.96. The van der Waals surface area contributed by atoms with Crippen LogP contribution in [-0.4, -0.2) is 30.9 Å². The highest BCUT2D eigenvalue weighted by atomic mass is 16.2. The minimum Gasteiger partial charge on any atom is -0.360 e. The molecule has 0 spiro atoms. The first-order chi connectivity index (χ1) is 13.2. The number of carbonyl (C=O) groups excluding carboxylic acids is 2. The first-order valence-electron chi connectivity index (χ1n) is 9.65. The number of rotatable bonds is 7. The molecule has 0 unspecified atom stereocenters. The van der Waals surface area contributed by atoms with Crippen molar-refractivity contribution in [1.29, 1.82) is 0 Å². The molecule has 0 aliphatic carbocycles. The Morgan fingerprint density at radius 3 is 2.00 bits per heavy atom. The molecule has 28 heavy (non-hydrogen) atoms. The largest absolute Gasteiger partial charge is 0.360 e. The molecule has 0 saturated carbocycles. The number of hydrogen-bond donors (Lipinski definition) is 2. The number of aryl methyl sites for hydroxylation is 4. The molecule has 0 aromatic heterocycles. The second kappa shape index (κ2) is 9.40. The second-order valence-electron chi connectivity index (χ2n) is 7.66. The number of anilines is 2. The third-order valence-electron chi connectivity index (χ3n) is 4.69. The van der Waals surface area contributed by atoms with Gasteiger partial charge in [-0.05, 0) is 64.8 Å². The highest BCUT2D eigenvalue weighted by Gasteiger charge is 2.16. The van der Waals surface area contributed by atoms with E-state index in [-0.39, 0.29) is 30.9 Å². The highest BCUT2D eigenvalue weighted by Crippen LogP contribution is 2.21. The van der Waals surface area contributed by atoms with Crippen molar-refractivity contribution >= 4 is 23.2 Å². The van der Waals surface area contributed by atoms with Gasteiger partial charge in [0.25, 0.3) is 0 Å². The maximum atomic E-state index is 12.4. The van der Waals surface area contributed by atoms with E-state index in [1.165, 1.54) is 5.56 Å². The molecule has 0 aliphatic rings. The van der Waals surface area contributed by atoms with Crippen LogP contribution in [0.4, 0.5) is 11.4 Å². The molecule has 5 nitrogen and oxygen atoms in total. The summed E-state index contributed by atoms with van der Waals surface area (Å²) in [5.74, 6) is -0.406. The van der Waals surface area contributed by atoms with Gasteiger partial charge in [-0.1, -0.05) is 35.4 Å². The van der Waals surface area contributed by atoms with Gasteiger partial charge in [0, 0.05) is 17.4 Å². The number of amides is 2. The summed E-state index contributed by atoms with van der Waals surface area (Å²) in [5.41, 5.74) is 6.17. The van der Waals surface area contributed by atoms with E-state index >= 15 is 0 Å². The van der Waals surface area contributed by atoms with Crippen LogP contribution in [0, 0.1) is 27.7 Å². The summed E-state index contributed by atoms with van der Waals surface area (Å²) in [6, 6.07) is 12.3. The lowest BCUT2D eigenvalue weighted by molar-refractivity contribution is -0.123. The lowest BCUT2D eigenvalue weighted by Crippen LogP contribution is -2.43. The van der Waals surface area contributed by atoms with Gasteiger partial charge in [-0.2, -0.15) is 0 Å². The van der Waals surface area contributed by atoms with Crippen molar-refractivity contribution in [2.45, 2.75) is 47.6 Å². The zero-order chi connectivity index (χ0) is 20.8. The Bertz CT molecular complexity index is 818. The molecule has 2 amide bonds. The second-order valence-corrected chi connectivity index (χ2v) is 7.66. The Hall–Kier alpha value is -2.82. The van der Waals surface area contributed by atoms with E-state index in [1.807, 2.05) is 82.8 Å². The molecule has 0 saturated heterocycles. The summed E-state index contributed by atoms with van der Waals surface area (Å²) in [6.07, 6.45) is 0. The zero-order valence-corrected chi connectivity index (χ0v) is 17.7. The Kier molecular flexibility index (Phi) is 7.21. The van der Waals surface area contributed by atoms with Crippen molar-refractivity contribution in [3.63, 3.8) is 0 Å². The Morgan fingerprint density at radius 2 is 1.46 bits per heavy atom. The van der Waals surface area contributed by atoms with Crippen LogP contribution in [0.1, 0.15) is 36.1 Å². The van der Waals surface area contributed by atoms with Crippen LogP contribution < -0.4 is 15.5 Å². The maximum Gasteiger partial charge on any atom is 0.243 e. The van der Waals surface area contributed by atoms with Gasteiger partial charge < -0.3 is 15.5 Å². The zero-order valence-electron chi connectivity index (χ0n) is 17.7. The molecule has 0 atom stereocenters. The molecule has 2 rings (SSSR count). The summed E-state index contributed by atoms with van der Waals surface area (Å²) in [4.78, 5) is 26.7. The minimum absolute atomic E-state index is 0.0502. The van der Waals surface area contributed by atoms with Crippen LogP contribution >= 0.6 is 0 Å². The van der Waals surface area contributed by atoms with Crippen molar-refractivity contribution in [1.82, 2.24) is 5.32 Å². The standard InChI is InChI=1S/C23H31N3O2/c1-15(2)26(20-9-7-16(3)8-10-20)14-22(28)24-13-21(27)25-23-18(5)11-17(4)12-19(23)6/h7-12,15H,13-14H2,1-6H3,(H,24,28)(H,25,27). The fraction of sp³-hybridized carbons (Fsp3) is 0.391. The monoisotopic (exact) mass is 381 g/mol. The van der Waals surface area contributed by atoms with Gasteiger partial charge in [-0.3, -0.25) is 9.59 Å². The molecular formula is C23H31N3O2. The van der Waals surface area contributed by atoms with Crippen LogP contribution in [0.2, 0.25) is 0 Å². The van der Waals surface area contributed by atoms with Gasteiger partial charge in [0.2, 0.25) is 11.8 Å². The molecule has 0 bridgehead atoms. The van der Waals surface area contributed by atoms with Crippen LogP contribution in [0.25, 0.3) is 0 Å². The maximum absolute atomic E-state index is 12.4. The molecule has 0 fully saturated rings. The van der Waals surface area contributed by atoms with E-state index < -0.39 is 0 Å². The van der Waals surface area contributed by atoms with E-state index in [0.29, 0.717) is 0 Å². The van der Waals surface area contributed by atoms with Crippen LogP contribution in [0.3, 0.4) is 0 Å². The van der Waals surface area contributed by atoms with Crippen molar-refractivity contribution in [3.05, 3.63) is 58.7 Å². The van der Waals surface area contributed by atoms with Crippen molar-refractivity contribution in [3.8, 4) is 0 Å². The fourth-order valence-electron chi connectivity index (χ4n) is 3.26. The third-order valence-corrected chi connectivity index (χ3v) is 4.69. The molecule has 2 aromatic rings. The van der Waals surface area contributed by atoms with E-state index in [9.17, 15) is 9.59 Å². The summed E-state index contributed by atoms with van der Waals surface area (Å²) in [7, 11) is 0. The summed E-state index contributed by atoms with van der Waals surface area (Å²) in [5, 5.41) is 5.63. The summed E-state index contributed by atoms with van der Waals surface area (Å²) < 4.78 is 0. The van der Waals surface area contributed by atoms with E-state index in [1.54, 1.807) is 0 Å². The molecule has 0 radical (unpaired) electrons. The van der Waals surface area contributed by atoms with Gasteiger partial charge >= 0.3 is 0 Å². The van der Waals surface area contributed by atoms with Gasteiger partial charge in [0.05, 0.1) is 13.1 Å². The smallest absolute Gasteiger partial charge is 0.243 e. The van der Waals surface area contributed by atoms with Crippen molar-refractivity contribution in [2.24, 2.45) is 0 Å². The average molecular weight is 382 g/mol.